The fourth-order valence-electron chi connectivity index (χ4n) is 1.64. The van der Waals surface area contributed by atoms with E-state index < -0.39 is 0 Å². The highest BCUT2D eigenvalue weighted by Gasteiger charge is 2.11. The SMILES string of the molecule is CCSCC1CCCCC1.CO. The van der Waals surface area contributed by atoms with Crippen LogP contribution in [0.15, 0.2) is 0 Å². The largest absolute Gasteiger partial charge is 0.400 e. The van der Waals surface area contributed by atoms with Crippen molar-refractivity contribution in [3.8, 4) is 0 Å². The summed E-state index contributed by atoms with van der Waals surface area (Å²) >= 11 is 2.11. The standard InChI is InChI=1S/C9H18S.CH4O/c1-2-10-8-9-6-4-3-5-7-9;1-2/h9H,2-8H2,1H3;2H,1H3. The Balaban J connectivity index is 0.000000561. The van der Waals surface area contributed by atoms with Gasteiger partial charge in [0.05, 0.1) is 0 Å². The van der Waals surface area contributed by atoms with E-state index in [-0.39, 0.29) is 0 Å². The van der Waals surface area contributed by atoms with Crippen LogP contribution in [0, 0.1) is 5.92 Å². The minimum atomic E-state index is 1.00. The smallest absolute Gasteiger partial charge is 0.0319 e. The lowest BCUT2D eigenvalue weighted by Gasteiger charge is -2.20. The molecule has 12 heavy (non-hydrogen) atoms. The van der Waals surface area contributed by atoms with Crippen molar-refractivity contribution < 1.29 is 5.11 Å². The Hall–Kier alpha value is 0.310. The van der Waals surface area contributed by atoms with Gasteiger partial charge in [-0.25, -0.2) is 0 Å². The first-order chi connectivity index (χ1) is 5.93. The monoisotopic (exact) mass is 190 g/mol. The van der Waals surface area contributed by atoms with Gasteiger partial charge >= 0.3 is 0 Å². The van der Waals surface area contributed by atoms with E-state index in [4.69, 9.17) is 5.11 Å². The molecule has 1 fully saturated rings. The first-order valence-electron chi connectivity index (χ1n) is 4.96. The van der Waals surface area contributed by atoms with E-state index in [0.717, 1.165) is 13.0 Å². The molecule has 2 heteroatoms. The van der Waals surface area contributed by atoms with Gasteiger partial charge in [0.25, 0.3) is 0 Å². The van der Waals surface area contributed by atoms with Crippen LogP contribution in [-0.2, 0) is 0 Å². The molecule has 0 amide bonds. The van der Waals surface area contributed by atoms with Crippen LogP contribution in [0.3, 0.4) is 0 Å². The molecule has 0 radical (unpaired) electrons. The molecule has 1 saturated carbocycles. The maximum atomic E-state index is 7.00. The van der Waals surface area contributed by atoms with E-state index in [1.54, 1.807) is 0 Å². The van der Waals surface area contributed by atoms with Crippen molar-refractivity contribution >= 4 is 11.8 Å². The summed E-state index contributed by atoms with van der Waals surface area (Å²) in [5.41, 5.74) is 0. The van der Waals surface area contributed by atoms with Crippen molar-refractivity contribution in [2.24, 2.45) is 5.92 Å². The Kier molecular flexibility index (Phi) is 9.64. The molecular weight excluding hydrogens is 168 g/mol. The molecule has 0 spiro atoms. The molecule has 0 unspecified atom stereocenters. The highest BCUT2D eigenvalue weighted by molar-refractivity contribution is 7.99. The lowest BCUT2D eigenvalue weighted by atomic mass is 9.91. The third-order valence-corrected chi connectivity index (χ3v) is 3.40. The van der Waals surface area contributed by atoms with E-state index in [0.29, 0.717) is 0 Å². The van der Waals surface area contributed by atoms with E-state index in [1.165, 1.54) is 43.6 Å². The van der Waals surface area contributed by atoms with Crippen molar-refractivity contribution in [2.45, 2.75) is 39.0 Å². The second-order valence-electron chi connectivity index (χ2n) is 3.16. The highest BCUT2D eigenvalue weighted by atomic mass is 32.2. The van der Waals surface area contributed by atoms with Gasteiger partial charge in [0.15, 0.2) is 0 Å². The first-order valence-corrected chi connectivity index (χ1v) is 6.11. The maximum absolute atomic E-state index is 7.00. The van der Waals surface area contributed by atoms with Gasteiger partial charge in [-0.2, -0.15) is 11.8 Å². The van der Waals surface area contributed by atoms with Gasteiger partial charge in [-0.3, -0.25) is 0 Å². The fraction of sp³-hybridized carbons (Fsp3) is 1.00. The molecule has 0 atom stereocenters. The summed E-state index contributed by atoms with van der Waals surface area (Å²) in [6.45, 7) is 2.26. The summed E-state index contributed by atoms with van der Waals surface area (Å²) in [7, 11) is 1.00. The molecule has 0 aromatic carbocycles. The van der Waals surface area contributed by atoms with Crippen LogP contribution in [0.25, 0.3) is 0 Å². The van der Waals surface area contributed by atoms with Crippen molar-refractivity contribution in [1.82, 2.24) is 0 Å². The van der Waals surface area contributed by atoms with Gasteiger partial charge in [-0.05, 0) is 30.3 Å². The lowest BCUT2D eigenvalue weighted by molar-refractivity contribution is 0.391. The summed E-state index contributed by atoms with van der Waals surface area (Å²) in [6, 6.07) is 0. The summed E-state index contributed by atoms with van der Waals surface area (Å²) in [5.74, 6) is 3.80. The number of rotatable bonds is 3. The van der Waals surface area contributed by atoms with Crippen LogP contribution in [0.4, 0.5) is 0 Å². The number of aliphatic hydroxyl groups is 1. The summed E-state index contributed by atoms with van der Waals surface area (Å²) in [6.07, 6.45) is 7.50. The Morgan fingerprint density at radius 2 is 1.75 bits per heavy atom. The zero-order chi connectivity index (χ0) is 9.23. The number of thioether (sulfide) groups is 1. The number of hydrogen-bond acceptors (Lipinski definition) is 2. The minimum absolute atomic E-state index is 1.00. The van der Waals surface area contributed by atoms with Crippen LogP contribution >= 0.6 is 11.8 Å². The van der Waals surface area contributed by atoms with Crippen molar-refractivity contribution in [2.75, 3.05) is 18.6 Å². The molecule has 0 aliphatic heterocycles. The minimum Gasteiger partial charge on any atom is -0.400 e. The summed E-state index contributed by atoms with van der Waals surface area (Å²) in [4.78, 5) is 0. The Labute approximate surface area is 80.9 Å². The van der Waals surface area contributed by atoms with Gasteiger partial charge in [0.2, 0.25) is 0 Å². The number of aliphatic hydroxyl groups excluding tert-OH is 1. The molecule has 0 aromatic heterocycles. The average Bonchev–Trinajstić information content (AvgIpc) is 2.19. The molecule has 0 aromatic rings. The zero-order valence-corrected chi connectivity index (χ0v) is 9.20. The maximum Gasteiger partial charge on any atom is 0.0319 e. The van der Waals surface area contributed by atoms with E-state index in [9.17, 15) is 0 Å². The van der Waals surface area contributed by atoms with Crippen LogP contribution in [0.2, 0.25) is 0 Å². The highest BCUT2D eigenvalue weighted by Crippen LogP contribution is 2.26. The predicted molar refractivity (Wildman–Crippen MR) is 57.7 cm³/mol. The van der Waals surface area contributed by atoms with Crippen LogP contribution in [0.5, 0.6) is 0 Å². The van der Waals surface area contributed by atoms with E-state index in [1.807, 2.05) is 0 Å². The average molecular weight is 190 g/mol. The summed E-state index contributed by atoms with van der Waals surface area (Å²) < 4.78 is 0. The Morgan fingerprint density at radius 3 is 2.25 bits per heavy atom. The Bertz CT molecular complexity index is 79.9. The van der Waals surface area contributed by atoms with Gasteiger partial charge in [-0.1, -0.05) is 26.2 Å². The molecular formula is C10H22OS. The van der Waals surface area contributed by atoms with E-state index in [2.05, 4.69) is 18.7 Å². The summed E-state index contributed by atoms with van der Waals surface area (Å²) in [5, 5.41) is 7.00. The predicted octanol–water partition coefficient (Wildman–Crippen LogP) is 2.93. The zero-order valence-electron chi connectivity index (χ0n) is 8.38. The topological polar surface area (TPSA) is 20.2 Å². The van der Waals surface area contributed by atoms with Crippen LogP contribution in [-0.4, -0.2) is 23.7 Å². The van der Waals surface area contributed by atoms with Gasteiger partial charge < -0.3 is 5.11 Å². The van der Waals surface area contributed by atoms with Crippen molar-refractivity contribution in [3.05, 3.63) is 0 Å². The molecule has 0 saturated heterocycles. The third kappa shape index (κ3) is 5.90. The quantitative estimate of drug-likeness (QED) is 0.738. The van der Waals surface area contributed by atoms with E-state index >= 15 is 0 Å². The fourth-order valence-corrected chi connectivity index (χ4v) is 2.54. The molecule has 0 bridgehead atoms. The number of hydrogen-bond donors (Lipinski definition) is 1. The molecule has 74 valence electrons. The Morgan fingerprint density at radius 1 is 1.17 bits per heavy atom. The van der Waals surface area contributed by atoms with Crippen LogP contribution < -0.4 is 0 Å². The molecule has 1 aliphatic carbocycles. The molecule has 1 rings (SSSR count). The van der Waals surface area contributed by atoms with Gasteiger partial charge in [0, 0.05) is 7.11 Å². The van der Waals surface area contributed by atoms with Gasteiger partial charge in [-0.15, -0.1) is 0 Å². The van der Waals surface area contributed by atoms with Crippen LogP contribution in [0.1, 0.15) is 39.0 Å². The molecule has 1 nitrogen and oxygen atoms in total. The molecule has 1 N–H and O–H groups in total. The normalized spacial score (nSPS) is 18.2. The molecule has 0 heterocycles. The lowest BCUT2D eigenvalue weighted by Crippen LogP contribution is -2.08. The molecule has 1 aliphatic rings. The third-order valence-electron chi connectivity index (χ3n) is 2.28. The first kappa shape index (κ1) is 12.3. The van der Waals surface area contributed by atoms with Crippen molar-refractivity contribution in [1.29, 1.82) is 0 Å². The second-order valence-corrected chi connectivity index (χ2v) is 4.48. The van der Waals surface area contributed by atoms with Gasteiger partial charge in [0.1, 0.15) is 0 Å². The van der Waals surface area contributed by atoms with Crippen molar-refractivity contribution in [3.63, 3.8) is 0 Å². The second kappa shape index (κ2) is 9.40.